The Morgan fingerprint density at radius 3 is 2.69 bits per heavy atom. The molecule has 0 amide bonds. The molecule has 0 unspecified atom stereocenters. The Labute approximate surface area is 200 Å². The van der Waals surface area contributed by atoms with Crippen molar-refractivity contribution >= 4 is 27.8 Å². The summed E-state index contributed by atoms with van der Waals surface area (Å²) in [5.74, 6) is -2.30. The van der Waals surface area contributed by atoms with Gasteiger partial charge in [0.05, 0.1) is 24.9 Å². The van der Waals surface area contributed by atoms with Crippen LogP contribution in [0.4, 0.5) is 8.78 Å². The van der Waals surface area contributed by atoms with Crippen LogP contribution in [0, 0.1) is 11.6 Å². The molecule has 3 heterocycles. The van der Waals surface area contributed by atoms with Gasteiger partial charge in [0, 0.05) is 40.6 Å². The third kappa shape index (κ3) is 3.61. The second-order valence-electron chi connectivity index (χ2n) is 10.1. The number of carbonyl (C=O) groups is 1. The van der Waals surface area contributed by atoms with Crippen LogP contribution in [0.15, 0.2) is 36.5 Å². The van der Waals surface area contributed by atoms with Crippen molar-refractivity contribution < 1.29 is 28.2 Å². The van der Waals surface area contributed by atoms with E-state index in [0.29, 0.717) is 34.1 Å². The van der Waals surface area contributed by atoms with Gasteiger partial charge in [-0.05, 0) is 49.2 Å². The fourth-order valence-electron chi connectivity index (χ4n) is 5.39. The molecular formula is C26H27F2N3O4. The summed E-state index contributed by atoms with van der Waals surface area (Å²) in [7, 11) is 1.60. The van der Waals surface area contributed by atoms with Crippen LogP contribution in [0.3, 0.4) is 0 Å². The summed E-state index contributed by atoms with van der Waals surface area (Å²) in [5.41, 5.74) is 0.954. The lowest BCUT2D eigenvalue weighted by Gasteiger charge is -2.29. The number of benzene rings is 2. The van der Waals surface area contributed by atoms with Gasteiger partial charge in [0.15, 0.2) is 11.4 Å². The van der Waals surface area contributed by atoms with Crippen molar-refractivity contribution in [1.29, 1.82) is 0 Å². The molecule has 1 aliphatic rings. The normalized spacial score (nSPS) is 20.8. The monoisotopic (exact) mass is 483 g/mol. The average molecular weight is 484 g/mol. The van der Waals surface area contributed by atoms with E-state index in [9.17, 15) is 14.3 Å². The maximum absolute atomic E-state index is 16.2. The van der Waals surface area contributed by atoms with Gasteiger partial charge in [0.2, 0.25) is 0 Å². The number of carboxylic acid groups (broad SMARTS) is 1. The zero-order chi connectivity index (χ0) is 25.1. The Morgan fingerprint density at radius 2 is 2.06 bits per heavy atom. The molecule has 0 aliphatic carbocycles. The number of halogens is 2. The number of aliphatic carboxylic acids is 1. The fraction of sp³-hybridized carbons (Fsp3) is 0.385. The van der Waals surface area contributed by atoms with Crippen LogP contribution >= 0.6 is 0 Å². The second-order valence-corrected chi connectivity index (χ2v) is 10.1. The lowest BCUT2D eigenvalue weighted by Crippen LogP contribution is -2.34. The van der Waals surface area contributed by atoms with Crippen molar-refractivity contribution in [2.75, 3.05) is 20.3 Å². The molecule has 5 rings (SSSR count). The van der Waals surface area contributed by atoms with Gasteiger partial charge >= 0.3 is 5.97 Å². The second kappa shape index (κ2) is 8.13. The van der Waals surface area contributed by atoms with Crippen LogP contribution in [-0.2, 0) is 19.7 Å². The van der Waals surface area contributed by atoms with E-state index in [1.165, 1.54) is 19.1 Å². The highest BCUT2D eigenvalue weighted by Crippen LogP contribution is 2.48. The zero-order valence-electron chi connectivity index (χ0n) is 20.0. The van der Waals surface area contributed by atoms with Crippen LogP contribution in [0.2, 0.25) is 0 Å². The highest BCUT2D eigenvalue weighted by molar-refractivity contribution is 6.00. The summed E-state index contributed by atoms with van der Waals surface area (Å²) >= 11 is 0. The minimum atomic E-state index is -1.38. The summed E-state index contributed by atoms with van der Waals surface area (Å²) in [6.07, 6.45) is 1.74. The quantitative estimate of drug-likeness (QED) is 0.400. The van der Waals surface area contributed by atoms with Gasteiger partial charge in [-0.1, -0.05) is 13.8 Å². The van der Waals surface area contributed by atoms with Gasteiger partial charge in [-0.2, -0.15) is 5.10 Å². The number of nitrogens with zero attached hydrogens (tertiary/aromatic N) is 2. The Kier molecular flexibility index (Phi) is 5.45. The number of methoxy groups -OCH3 is 1. The number of fused-ring (bicyclic) bond motifs is 2. The van der Waals surface area contributed by atoms with Gasteiger partial charge in [-0.3, -0.25) is 5.10 Å². The van der Waals surface area contributed by atoms with E-state index in [4.69, 9.17) is 9.47 Å². The Bertz CT molecular complexity index is 1440. The number of aromatic nitrogens is 3. The highest BCUT2D eigenvalue weighted by Gasteiger charge is 2.46. The summed E-state index contributed by atoms with van der Waals surface area (Å²) < 4.78 is 43.2. The molecule has 9 heteroatoms. The van der Waals surface area contributed by atoms with E-state index in [-0.39, 0.29) is 30.3 Å². The molecule has 0 bridgehead atoms. The van der Waals surface area contributed by atoms with E-state index in [1.54, 1.807) is 25.4 Å². The van der Waals surface area contributed by atoms with Gasteiger partial charge in [-0.25, -0.2) is 13.6 Å². The van der Waals surface area contributed by atoms with Crippen molar-refractivity contribution in [3.05, 3.63) is 59.4 Å². The van der Waals surface area contributed by atoms with E-state index in [0.717, 1.165) is 5.69 Å². The number of ether oxygens (including phenoxy) is 2. The third-order valence-electron chi connectivity index (χ3n) is 6.98. The first-order chi connectivity index (χ1) is 16.6. The van der Waals surface area contributed by atoms with Crippen LogP contribution < -0.4 is 0 Å². The van der Waals surface area contributed by atoms with Crippen molar-refractivity contribution in [2.45, 2.75) is 44.1 Å². The van der Waals surface area contributed by atoms with Crippen molar-refractivity contribution in [2.24, 2.45) is 0 Å². The number of hydrogen-bond acceptors (Lipinski definition) is 4. The molecular weight excluding hydrogens is 456 g/mol. The summed E-state index contributed by atoms with van der Waals surface area (Å²) in [5, 5.41) is 17.5. The average Bonchev–Trinajstić information content (AvgIpc) is 3.51. The molecule has 0 saturated carbocycles. The minimum absolute atomic E-state index is 0.127. The van der Waals surface area contributed by atoms with E-state index in [1.807, 2.05) is 24.5 Å². The Balaban J connectivity index is 1.91. The lowest BCUT2D eigenvalue weighted by molar-refractivity contribution is -0.157. The van der Waals surface area contributed by atoms with E-state index in [2.05, 4.69) is 10.2 Å². The summed E-state index contributed by atoms with van der Waals surface area (Å²) in [4.78, 5) is 11.9. The molecule has 2 N–H and O–H groups in total. The van der Waals surface area contributed by atoms with Crippen LogP contribution in [-0.4, -0.2) is 51.8 Å². The number of carboxylic acids is 1. The molecule has 1 fully saturated rings. The molecule has 1 aliphatic heterocycles. The van der Waals surface area contributed by atoms with E-state index >= 15 is 4.39 Å². The number of hydrogen-bond donors (Lipinski definition) is 2. The molecule has 0 spiro atoms. The maximum atomic E-state index is 16.2. The molecule has 35 heavy (non-hydrogen) atoms. The zero-order valence-corrected chi connectivity index (χ0v) is 20.0. The topological polar surface area (TPSA) is 89.4 Å². The van der Waals surface area contributed by atoms with Gasteiger partial charge in [0.1, 0.15) is 11.3 Å². The SMILES string of the molecule is COCC(C)(C)c1c([C@@H]2CO[C@@](C)(C(=O)O)C2)c2c(F)c3[nH]ncc3cc2n1-c1ccc(F)cc1. The predicted molar refractivity (Wildman–Crippen MR) is 127 cm³/mol. The molecule has 4 aromatic rings. The van der Waals surface area contributed by atoms with Crippen LogP contribution in [0.5, 0.6) is 0 Å². The number of nitrogens with one attached hydrogen (secondary N) is 1. The predicted octanol–water partition coefficient (Wildman–Crippen LogP) is 5.06. The Morgan fingerprint density at radius 1 is 1.34 bits per heavy atom. The standard InChI is InChI=1S/C26H27F2N3O4/c1-25(2,13-34-4)23-19(15-10-26(3,24(32)33)35-12-15)20-18(9-14-11-29-30-22(14)21(20)28)31(23)17-7-5-16(27)6-8-17/h5-9,11,15H,10,12-13H2,1-4H3,(H,29,30)(H,32,33)/t15-,26+/m0/s1. The Hall–Kier alpha value is -3.30. The molecule has 2 aromatic heterocycles. The van der Waals surface area contributed by atoms with Crippen molar-refractivity contribution in [1.82, 2.24) is 14.8 Å². The third-order valence-corrected chi connectivity index (χ3v) is 6.98. The summed E-state index contributed by atoms with van der Waals surface area (Å²) in [6, 6.07) is 7.87. The van der Waals surface area contributed by atoms with Crippen LogP contribution in [0.1, 0.15) is 44.4 Å². The van der Waals surface area contributed by atoms with Crippen molar-refractivity contribution in [3.63, 3.8) is 0 Å². The summed E-state index contributed by atoms with van der Waals surface area (Å²) in [6.45, 7) is 5.97. The smallest absolute Gasteiger partial charge is 0.335 e. The van der Waals surface area contributed by atoms with Crippen LogP contribution in [0.25, 0.3) is 27.5 Å². The first-order valence-corrected chi connectivity index (χ1v) is 11.4. The molecule has 1 saturated heterocycles. The molecule has 2 aromatic carbocycles. The maximum Gasteiger partial charge on any atom is 0.335 e. The van der Waals surface area contributed by atoms with Crippen molar-refractivity contribution in [3.8, 4) is 5.69 Å². The van der Waals surface area contributed by atoms with E-state index < -0.39 is 22.8 Å². The highest BCUT2D eigenvalue weighted by atomic mass is 19.1. The number of H-pyrrole nitrogens is 1. The molecule has 184 valence electrons. The van der Waals surface area contributed by atoms with Gasteiger partial charge < -0.3 is 19.1 Å². The number of rotatable bonds is 6. The number of aromatic amines is 1. The van der Waals surface area contributed by atoms with Gasteiger partial charge in [-0.15, -0.1) is 0 Å². The lowest BCUT2D eigenvalue weighted by atomic mass is 9.80. The molecule has 2 atom stereocenters. The van der Waals surface area contributed by atoms with Gasteiger partial charge in [0.25, 0.3) is 0 Å². The first-order valence-electron chi connectivity index (χ1n) is 11.4. The molecule has 7 nitrogen and oxygen atoms in total. The minimum Gasteiger partial charge on any atom is -0.479 e. The fourth-order valence-corrected chi connectivity index (χ4v) is 5.39. The first kappa shape index (κ1) is 23.4. The molecule has 0 radical (unpaired) electrons. The largest absolute Gasteiger partial charge is 0.479 e.